The van der Waals surface area contributed by atoms with Gasteiger partial charge in [0.2, 0.25) is 0 Å². The van der Waals surface area contributed by atoms with Gasteiger partial charge in [-0.15, -0.1) is 12.6 Å². The van der Waals surface area contributed by atoms with E-state index in [1.807, 2.05) is 0 Å². The molecule has 0 aliphatic rings. The summed E-state index contributed by atoms with van der Waals surface area (Å²) in [5, 5.41) is -0.898. The first-order chi connectivity index (χ1) is 20.6. The Morgan fingerprint density at radius 1 is 0.614 bits per heavy atom. The molecule has 0 bridgehead atoms. The Morgan fingerprint density at radius 3 is 1.84 bits per heavy atom. The van der Waals surface area contributed by atoms with Gasteiger partial charge >= 0.3 is 12.3 Å². The van der Waals surface area contributed by atoms with Gasteiger partial charge in [0.25, 0.3) is 0 Å². The normalized spacial score (nSPS) is 11.8. The molecule has 5 aromatic rings. The van der Waals surface area contributed by atoms with Gasteiger partial charge < -0.3 is 4.74 Å². The number of fused-ring (bicyclic) bond motifs is 1. The summed E-state index contributed by atoms with van der Waals surface area (Å²) in [5.41, 5.74) is -2.59. The molecule has 0 aromatic heterocycles. The summed E-state index contributed by atoms with van der Waals surface area (Å²) >= 11 is 4.17. The molecule has 0 saturated heterocycles. The lowest BCUT2D eigenvalue weighted by atomic mass is 9.98. The van der Waals surface area contributed by atoms with Crippen molar-refractivity contribution >= 4 is 23.4 Å². The van der Waals surface area contributed by atoms with Crippen LogP contribution in [0.4, 0.5) is 43.9 Å². The van der Waals surface area contributed by atoms with Crippen LogP contribution in [-0.4, -0.2) is 6.18 Å². The number of hydrogen-bond donors (Lipinski definition) is 1. The number of benzene rings is 5. The summed E-state index contributed by atoms with van der Waals surface area (Å²) in [6.07, 6.45) is -9.70. The highest BCUT2D eigenvalue weighted by Gasteiger charge is 2.41. The van der Waals surface area contributed by atoms with Gasteiger partial charge in [0, 0.05) is 21.8 Å². The molecule has 5 rings (SSSR count). The maximum atomic E-state index is 15.0. The third-order valence-electron chi connectivity index (χ3n) is 6.39. The summed E-state index contributed by atoms with van der Waals surface area (Å²) in [7, 11) is 0. The van der Waals surface area contributed by atoms with Gasteiger partial charge in [-0.1, -0.05) is 30.2 Å². The largest absolute Gasteiger partial charge is 0.458 e. The van der Waals surface area contributed by atoms with Crippen LogP contribution >= 0.6 is 12.6 Å². The van der Waals surface area contributed by atoms with Crippen LogP contribution in [0.15, 0.2) is 83.8 Å². The van der Waals surface area contributed by atoms with Gasteiger partial charge in [0.15, 0.2) is 0 Å². The monoisotopic (exact) mass is 636 g/mol. The smallest absolute Gasteiger partial charge is 0.429 e. The van der Waals surface area contributed by atoms with Crippen LogP contribution < -0.4 is 4.74 Å². The average Bonchev–Trinajstić information content (AvgIpc) is 2.91. The molecule has 0 radical (unpaired) electrons. The van der Waals surface area contributed by atoms with E-state index < -0.39 is 69.0 Å². The van der Waals surface area contributed by atoms with E-state index in [1.165, 1.54) is 18.1 Å². The molecule has 0 aliphatic carbocycles. The lowest BCUT2D eigenvalue weighted by Crippen LogP contribution is -2.25. The van der Waals surface area contributed by atoms with E-state index in [1.54, 1.807) is 24.3 Å². The first-order valence-corrected chi connectivity index (χ1v) is 12.7. The maximum absolute atomic E-state index is 15.0. The van der Waals surface area contributed by atoms with Crippen molar-refractivity contribution in [2.45, 2.75) is 17.2 Å². The Morgan fingerprint density at radius 2 is 1.23 bits per heavy atom. The highest BCUT2D eigenvalue weighted by atomic mass is 32.1. The number of alkyl halides is 5. The third kappa shape index (κ3) is 6.33. The molecule has 0 aliphatic heterocycles. The SMILES string of the molecule is Fc1cc(-c2ccc(S)cc2)ccc1-c1cc(F)c(C(F)(F)Oc2ccc3c(F)c(C#CC(F)(F)F)c(F)cc3c2)c(F)c1. The first kappa shape index (κ1) is 30.8. The molecular weight excluding hydrogens is 622 g/mol. The van der Waals surface area contributed by atoms with Crippen molar-refractivity contribution in [2.24, 2.45) is 0 Å². The summed E-state index contributed by atoms with van der Waals surface area (Å²) in [4.78, 5) is 0.674. The Labute approximate surface area is 248 Å². The molecule has 12 heteroatoms. The van der Waals surface area contributed by atoms with Crippen LogP contribution in [0.2, 0.25) is 0 Å². The zero-order valence-corrected chi connectivity index (χ0v) is 22.5. The fourth-order valence-corrected chi connectivity index (χ4v) is 4.56. The fraction of sp³-hybridized carbons (Fsp3) is 0.0625. The Balaban J connectivity index is 1.44. The van der Waals surface area contributed by atoms with Crippen molar-refractivity contribution in [1.82, 2.24) is 0 Å². The molecule has 1 nitrogen and oxygen atoms in total. The lowest BCUT2D eigenvalue weighted by molar-refractivity contribution is -0.189. The minimum atomic E-state index is -5.03. The third-order valence-corrected chi connectivity index (χ3v) is 6.69. The van der Waals surface area contributed by atoms with E-state index in [4.69, 9.17) is 0 Å². The summed E-state index contributed by atoms with van der Waals surface area (Å²) in [5.74, 6) is -6.13. The van der Waals surface area contributed by atoms with Gasteiger partial charge in [0.05, 0.1) is 5.56 Å². The number of hydrogen-bond acceptors (Lipinski definition) is 2. The molecule has 0 saturated carbocycles. The molecule has 224 valence electrons. The van der Waals surface area contributed by atoms with E-state index in [0.717, 1.165) is 24.1 Å². The van der Waals surface area contributed by atoms with E-state index >= 15 is 8.78 Å². The molecule has 0 fully saturated rings. The standard InChI is InChI=1S/C32H14F10OS/c33-25-12-17(16-1-5-21(44)6-2-16)3-7-22(25)19-14-27(35)29(28(36)15-19)32(41,42)43-20-4-8-23-18(11-20)13-26(34)24(30(23)37)9-10-31(38,39)40/h1-8,11-15,44H. The van der Waals surface area contributed by atoms with Crippen molar-refractivity contribution in [3.63, 3.8) is 0 Å². The fourth-order valence-electron chi connectivity index (χ4n) is 4.41. The molecular formula is C32H14F10OS. The van der Waals surface area contributed by atoms with Crippen LogP contribution in [0.1, 0.15) is 11.1 Å². The molecule has 5 aromatic carbocycles. The average molecular weight is 637 g/mol. The van der Waals surface area contributed by atoms with Crippen LogP contribution in [0, 0.1) is 40.9 Å². The minimum absolute atomic E-state index is 0.272. The minimum Gasteiger partial charge on any atom is -0.429 e. The number of rotatable bonds is 5. The second-order valence-corrected chi connectivity index (χ2v) is 9.87. The van der Waals surface area contributed by atoms with Crippen LogP contribution in [0.3, 0.4) is 0 Å². The summed E-state index contributed by atoms with van der Waals surface area (Å²) in [6, 6.07) is 14.3. The van der Waals surface area contributed by atoms with Gasteiger partial charge in [-0.2, -0.15) is 22.0 Å². The molecule has 44 heavy (non-hydrogen) atoms. The van der Waals surface area contributed by atoms with E-state index in [-0.39, 0.29) is 11.1 Å². The summed E-state index contributed by atoms with van der Waals surface area (Å²) < 4.78 is 145. The number of ether oxygens (including phenoxy) is 1. The topological polar surface area (TPSA) is 9.23 Å². The number of thiol groups is 1. The van der Waals surface area contributed by atoms with Gasteiger partial charge in [-0.25, -0.2) is 22.0 Å². The molecule has 0 N–H and O–H groups in total. The van der Waals surface area contributed by atoms with Crippen molar-refractivity contribution in [2.75, 3.05) is 0 Å². The molecule has 0 heterocycles. The van der Waals surface area contributed by atoms with Crippen molar-refractivity contribution in [3.05, 3.63) is 119 Å². The Kier molecular flexibility index (Phi) is 8.03. The van der Waals surface area contributed by atoms with Crippen LogP contribution in [0.25, 0.3) is 33.0 Å². The molecule has 0 unspecified atom stereocenters. The zero-order chi connectivity index (χ0) is 32.0. The van der Waals surface area contributed by atoms with Crippen LogP contribution in [-0.2, 0) is 6.11 Å². The first-order valence-electron chi connectivity index (χ1n) is 12.3. The lowest BCUT2D eigenvalue weighted by Gasteiger charge is -2.20. The second kappa shape index (κ2) is 11.5. The van der Waals surface area contributed by atoms with Gasteiger partial charge in [-0.05, 0) is 76.7 Å². The highest BCUT2D eigenvalue weighted by molar-refractivity contribution is 7.80. The predicted molar refractivity (Wildman–Crippen MR) is 146 cm³/mol. The van der Waals surface area contributed by atoms with Crippen molar-refractivity contribution in [1.29, 1.82) is 0 Å². The highest BCUT2D eigenvalue weighted by Crippen LogP contribution is 2.39. The van der Waals surface area contributed by atoms with E-state index in [2.05, 4.69) is 17.4 Å². The second-order valence-electron chi connectivity index (χ2n) is 9.35. The Hall–Kier alpha value is -4.63. The Bertz CT molecular complexity index is 1950. The molecule has 0 atom stereocenters. The van der Waals surface area contributed by atoms with E-state index in [0.29, 0.717) is 40.3 Å². The number of halogens is 10. The quantitative estimate of drug-likeness (QED) is 0.115. The van der Waals surface area contributed by atoms with Crippen molar-refractivity contribution < 1.29 is 48.6 Å². The maximum Gasteiger partial charge on any atom is 0.458 e. The van der Waals surface area contributed by atoms with E-state index in [9.17, 15) is 35.1 Å². The molecule has 0 spiro atoms. The molecule has 0 amide bonds. The summed E-state index contributed by atoms with van der Waals surface area (Å²) in [6.45, 7) is 0. The van der Waals surface area contributed by atoms with Crippen molar-refractivity contribution in [3.8, 4) is 39.8 Å². The van der Waals surface area contributed by atoms with Gasteiger partial charge in [0.1, 0.15) is 40.4 Å². The van der Waals surface area contributed by atoms with Gasteiger partial charge in [-0.3, -0.25) is 0 Å². The van der Waals surface area contributed by atoms with Crippen LogP contribution in [0.5, 0.6) is 5.75 Å². The predicted octanol–water partition coefficient (Wildman–Crippen LogP) is 10.2. The zero-order valence-electron chi connectivity index (χ0n) is 21.6.